The second-order valence-electron chi connectivity index (χ2n) is 7.37. The van der Waals surface area contributed by atoms with Crippen molar-refractivity contribution in [2.24, 2.45) is 0 Å². The molecule has 0 radical (unpaired) electrons. The molecule has 0 saturated heterocycles. The van der Waals surface area contributed by atoms with E-state index in [-0.39, 0.29) is 11.4 Å². The molecule has 7 heteroatoms. The second-order valence-corrected chi connectivity index (χ2v) is 7.37. The van der Waals surface area contributed by atoms with Gasteiger partial charge in [-0.25, -0.2) is 9.18 Å². The number of carboxylic acid groups (broad SMARTS) is 1. The molecule has 0 unspecified atom stereocenters. The van der Waals surface area contributed by atoms with Gasteiger partial charge in [0.2, 0.25) is 0 Å². The van der Waals surface area contributed by atoms with E-state index in [1.54, 1.807) is 29.9 Å². The average Bonchev–Trinajstić information content (AvgIpc) is 2.76. The number of nitrogens with zero attached hydrogens (tertiary/aromatic N) is 1. The first-order valence-electron chi connectivity index (χ1n) is 10.0. The zero-order chi connectivity index (χ0) is 22.0. The van der Waals surface area contributed by atoms with E-state index in [1.807, 2.05) is 12.1 Å². The van der Waals surface area contributed by atoms with E-state index in [1.165, 1.54) is 18.3 Å². The number of aryl methyl sites for hydroxylation is 2. The highest BCUT2D eigenvalue weighted by molar-refractivity contribution is 5.88. The van der Waals surface area contributed by atoms with Crippen LogP contribution in [-0.4, -0.2) is 36.0 Å². The molecule has 160 valence electrons. The van der Waals surface area contributed by atoms with Crippen LogP contribution in [0, 0.1) is 5.82 Å². The van der Waals surface area contributed by atoms with Gasteiger partial charge in [0.25, 0.3) is 0 Å². The number of fused-ring (bicyclic) bond motifs is 3. The second kappa shape index (κ2) is 8.73. The molecule has 1 aliphatic rings. The van der Waals surface area contributed by atoms with Crippen molar-refractivity contribution in [1.29, 1.82) is 0 Å². The Bertz CT molecular complexity index is 1200. The highest BCUT2D eigenvalue weighted by atomic mass is 19.1. The molecule has 0 atom stereocenters. The van der Waals surface area contributed by atoms with Crippen LogP contribution < -0.4 is 10.2 Å². The molecule has 2 heterocycles. The highest BCUT2D eigenvalue weighted by Crippen LogP contribution is 2.40. The molecule has 0 saturated carbocycles. The lowest BCUT2D eigenvalue weighted by Gasteiger charge is -2.25. The fourth-order valence-electron chi connectivity index (χ4n) is 3.85. The zero-order valence-electron chi connectivity index (χ0n) is 17.1. The molecular formula is C24H22FNO5. The van der Waals surface area contributed by atoms with E-state index in [9.17, 15) is 19.1 Å². The summed E-state index contributed by atoms with van der Waals surface area (Å²) in [5.41, 5.74) is 2.50. The Kier molecular flexibility index (Phi) is 5.86. The summed E-state index contributed by atoms with van der Waals surface area (Å²) in [6.45, 7) is 1.51. The molecule has 4 rings (SSSR count). The summed E-state index contributed by atoms with van der Waals surface area (Å²) in [7, 11) is 1.62. The summed E-state index contributed by atoms with van der Waals surface area (Å²) in [4.78, 5) is 23.7. The van der Waals surface area contributed by atoms with Gasteiger partial charge in [-0.15, -0.1) is 0 Å². The summed E-state index contributed by atoms with van der Waals surface area (Å²) in [6, 6.07) is 11.5. The standard InChI is InChI=1S/C24H22FNO5/c1-30-9-4-10-31-23-11-15-7-8-26-14-19(24(28)29)22(27)13-21(26)17(15)12-18(23)16-5-2-3-6-20(16)25/h2-3,5-6,11-14H,4,7-10H2,1H3,(H,28,29). The van der Waals surface area contributed by atoms with E-state index >= 15 is 0 Å². The molecule has 1 aliphatic heterocycles. The van der Waals surface area contributed by atoms with Crippen molar-refractivity contribution < 1.29 is 23.8 Å². The monoisotopic (exact) mass is 423 g/mol. The minimum absolute atomic E-state index is 0.264. The molecule has 31 heavy (non-hydrogen) atoms. The van der Waals surface area contributed by atoms with Gasteiger partial charge in [0.15, 0.2) is 5.43 Å². The Morgan fingerprint density at radius 3 is 2.68 bits per heavy atom. The molecule has 3 aromatic rings. The molecule has 2 aromatic carbocycles. The Morgan fingerprint density at radius 1 is 1.13 bits per heavy atom. The summed E-state index contributed by atoms with van der Waals surface area (Å²) >= 11 is 0. The normalized spacial score (nSPS) is 12.2. The SMILES string of the molecule is COCCCOc1cc2c(cc1-c1ccccc1F)-c1cc(=O)c(C(=O)O)cn1CC2. The Morgan fingerprint density at radius 2 is 1.94 bits per heavy atom. The van der Waals surface area contributed by atoms with Crippen LogP contribution >= 0.6 is 0 Å². The highest BCUT2D eigenvalue weighted by Gasteiger charge is 2.23. The molecular weight excluding hydrogens is 401 g/mol. The fraction of sp³-hybridized carbons (Fsp3) is 0.250. The van der Waals surface area contributed by atoms with Crippen LogP contribution in [0.5, 0.6) is 5.75 Å². The quantitative estimate of drug-likeness (QED) is 0.582. The van der Waals surface area contributed by atoms with Gasteiger partial charge in [-0.05, 0) is 30.2 Å². The number of aromatic carboxylic acids is 1. The van der Waals surface area contributed by atoms with Crippen molar-refractivity contribution in [3.8, 4) is 28.1 Å². The maximum atomic E-state index is 14.6. The first-order chi connectivity index (χ1) is 15.0. The van der Waals surface area contributed by atoms with Crippen LogP contribution in [-0.2, 0) is 17.7 Å². The predicted molar refractivity (Wildman–Crippen MR) is 114 cm³/mol. The van der Waals surface area contributed by atoms with Gasteiger partial charge in [0.1, 0.15) is 17.1 Å². The topological polar surface area (TPSA) is 77.8 Å². The average molecular weight is 423 g/mol. The number of ether oxygens (including phenoxy) is 2. The Labute approximate surface area is 178 Å². The number of benzene rings is 2. The van der Waals surface area contributed by atoms with Gasteiger partial charge in [0, 0.05) is 55.6 Å². The number of aromatic nitrogens is 1. The lowest BCUT2D eigenvalue weighted by Crippen LogP contribution is -2.22. The van der Waals surface area contributed by atoms with Crippen LogP contribution in [0.25, 0.3) is 22.4 Å². The third kappa shape index (κ3) is 4.09. The van der Waals surface area contributed by atoms with Gasteiger partial charge in [-0.1, -0.05) is 18.2 Å². The van der Waals surface area contributed by atoms with Crippen LogP contribution in [0.3, 0.4) is 0 Å². The number of hydrogen-bond donors (Lipinski definition) is 1. The van der Waals surface area contributed by atoms with E-state index in [4.69, 9.17) is 9.47 Å². The first kappa shape index (κ1) is 20.8. The third-order valence-electron chi connectivity index (χ3n) is 5.38. The van der Waals surface area contributed by atoms with Crippen molar-refractivity contribution in [3.05, 3.63) is 75.8 Å². The van der Waals surface area contributed by atoms with Crippen molar-refractivity contribution in [3.63, 3.8) is 0 Å². The van der Waals surface area contributed by atoms with E-state index < -0.39 is 11.4 Å². The molecule has 1 aromatic heterocycles. The van der Waals surface area contributed by atoms with Crippen molar-refractivity contribution in [1.82, 2.24) is 4.57 Å². The van der Waals surface area contributed by atoms with Crippen molar-refractivity contribution in [2.75, 3.05) is 20.3 Å². The first-order valence-corrected chi connectivity index (χ1v) is 10.0. The van der Waals surface area contributed by atoms with E-state index in [0.717, 1.165) is 11.1 Å². The number of pyridine rings is 1. The maximum absolute atomic E-state index is 14.6. The Hall–Kier alpha value is -3.45. The summed E-state index contributed by atoms with van der Waals surface area (Å²) < 4.78 is 27.4. The minimum Gasteiger partial charge on any atom is -0.493 e. The number of carbonyl (C=O) groups is 1. The lowest BCUT2D eigenvalue weighted by atomic mass is 9.91. The predicted octanol–water partition coefficient (Wildman–Crippen LogP) is 3.99. The van der Waals surface area contributed by atoms with Gasteiger partial charge >= 0.3 is 5.97 Å². The zero-order valence-corrected chi connectivity index (χ0v) is 17.1. The summed E-state index contributed by atoms with van der Waals surface area (Å²) in [6.07, 6.45) is 2.71. The number of carboxylic acids is 1. The van der Waals surface area contributed by atoms with Crippen LogP contribution in [0.15, 0.2) is 53.5 Å². The number of methoxy groups -OCH3 is 1. The van der Waals surface area contributed by atoms with E-state index in [2.05, 4.69) is 0 Å². The largest absolute Gasteiger partial charge is 0.493 e. The number of hydrogen-bond acceptors (Lipinski definition) is 4. The fourth-order valence-corrected chi connectivity index (χ4v) is 3.85. The molecule has 0 spiro atoms. The summed E-state index contributed by atoms with van der Waals surface area (Å²) in [5, 5.41) is 9.26. The molecule has 1 N–H and O–H groups in total. The van der Waals surface area contributed by atoms with Gasteiger partial charge in [0.05, 0.1) is 12.3 Å². The van der Waals surface area contributed by atoms with Crippen molar-refractivity contribution in [2.45, 2.75) is 19.4 Å². The van der Waals surface area contributed by atoms with Crippen molar-refractivity contribution >= 4 is 5.97 Å². The maximum Gasteiger partial charge on any atom is 0.341 e. The van der Waals surface area contributed by atoms with Gasteiger partial charge in [-0.2, -0.15) is 0 Å². The smallest absolute Gasteiger partial charge is 0.341 e. The van der Waals surface area contributed by atoms with E-state index in [0.29, 0.717) is 55.2 Å². The molecule has 0 amide bonds. The Balaban J connectivity index is 1.85. The molecule has 0 bridgehead atoms. The number of halogens is 1. The van der Waals surface area contributed by atoms with Crippen LogP contribution in [0.1, 0.15) is 22.3 Å². The third-order valence-corrected chi connectivity index (χ3v) is 5.38. The van der Waals surface area contributed by atoms with Crippen LogP contribution in [0.4, 0.5) is 4.39 Å². The van der Waals surface area contributed by atoms with Crippen LogP contribution in [0.2, 0.25) is 0 Å². The minimum atomic E-state index is -1.25. The van der Waals surface area contributed by atoms with Gasteiger partial charge in [-0.3, -0.25) is 4.79 Å². The lowest BCUT2D eigenvalue weighted by molar-refractivity contribution is 0.0694. The summed E-state index contributed by atoms with van der Waals surface area (Å²) in [5.74, 6) is -1.06. The molecule has 0 aliphatic carbocycles. The molecule has 0 fully saturated rings. The van der Waals surface area contributed by atoms with Gasteiger partial charge < -0.3 is 19.1 Å². The molecule has 6 nitrogen and oxygen atoms in total. The number of rotatable bonds is 7.